The number of aromatic nitrogens is 1. The maximum atomic E-state index is 4.60. The number of benzene rings is 3. The zero-order valence-electron chi connectivity index (χ0n) is 13.5. The lowest BCUT2D eigenvalue weighted by molar-refractivity contribution is 1.33. The first kappa shape index (κ1) is 14.4. The minimum absolute atomic E-state index is 1.01. The molecule has 5 aromatic rings. The van der Waals surface area contributed by atoms with E-state index in [2.05, 4.69) is 83.8 Å². The number of rotatable bonds is 2. The third-order valence-corrected chi connectivity index (χ3v) is 5.68. The first-order valence-electron chi connectivity index (χ1n) is 8.32. The molecule has 0 radical (unpaired) electrons. The van der Waals surface area contributed by atoms with Crippen LogP contribution in [0.4, 0.5) is 0 Å². The minimum atomic E-state index is 1.01. The monoisotopic (exact) mass is 337 g/mol. The summed E-state index contributed by atoms with van der Waals surface area (Å²) in [6.45, 7) is 0. The number of pyridine rings is 1. The quantitative estimate of drug-likeness (QED) is 0.346. The van der Waals surface area contributed by atoms with Gasteiger partial charge in [-0.25, -0.2) is 0 Å². The zero-order chi connectivity index (χ0) is 16.6. The van der Waals surface area contributed by atoms with E-state index in [9.17, 15) is 0 Å². The number of hydrogen-bond donors (Lipinski definition) is 0. The van der Waals surface area contributed by atoms with Gasteiger partial charge in [-0.15, -0.1) is 11.3 Å². The van der Waals surface area contributed by atoms with E-state index in [4.69, 9.17) is 0 Å². The second kappa shape index (κ2) is 5.83. The SMILES string of the molecule is c1ccc(-c2ccnc(-c3ccc4c(c3)sc3ccccc34)c2)cc1. The van der Waals surface area contributed by atoms with Crippen LogP contribution in [0.25, 0.3) is 42.6 Å². The normalized spacial score (nSPS) is 11.2. The largest absolute Gasteiger partial charge is 0.256 e. The van der Waals surface area contributed by atoms with Crippen LogP contribution in [0.2, 0.25) is 0 Å². The summed E-state index contributed by atoms with van der Waals surface area (Å²) < 4.78 is 2.64. The molecule has 0 N–H and O–H groups in total. The van der Waals surface area contributed by atoms with Crippen molar-refractivity contribution in [3.05, 3.63) is 91.1 Å². The fourth-order valence-corrected chi connectivity index (χ4v) is 4.43. The summed E-state index contributed by atoms with van der Waals surface area (Å²) >= 11 is 1.84. The van der Waals surface area contributed by atoms with Gasteiger partial charge in [0.2, 0.25) is 0 Å². The van der Waals surface area contributed by atoms with Crippen LogP contribution >= 0.6 is 11.3 Å². The molecule has 5 rings (SSSR count). The van der Waals surface area contributed by atoms with Crippen molar-refractivity contribution < 1.29 is 0 Å². The average Bonchev–Trinajstić information content (AvgIpc) is 3.06. The lowest BCUT2D eigenvalue weighted by Gasteiger charge is -2.05. The molecule has 0 amide bonds. The van der Waals surface area contributed by atoms with Crippen molar-refractivity contribution in [1.82, 2.24) is 4.98 Å². The van der Waals surface area contributed by atoms with Gasteiger partial charge in [0, 0.05) is 31.9 Å². The van der Waals surface area contributed by atoms with Crippen molar-refractivity contribution in [2.45, 2.75) is 0 Å². The van der Waals surface area contributed by atoms with Gasteiger partial charge in [-0.05, 0) is 35.4 Å². The summed E-state index contributed by atoms with van der Waals surface area (Å²) in [5.41, 5.74) is 4.59. The summed E-state index contributed by atoms with van der Waals surface area (Å²) in [6, 6.07) is 29.9. The maximum Gasteiger partial charge on any atom is 0.0708 e. The summed E-state index contributed by atoms with van der Waals surface area (Å²) in [5, 5.41) is 2.66. The summed E-state index contributed by atoms with van der Waals surface area (Å²) in [7, 11) is 0. The van der Waals surface area contributed by atoms with Crippen LogP contribution in [0, 0.1) is 0 Å². The van der Waals surface area contributed by atoms with E-state index < -0.39 is 0 Å². The van der Waals surface area contributed by atoms with Crippen LogP contribution < -0.4 is 0 Å². The number of thiophene rings is 1. The second-order valence-corrected chi connectivity index (χ2v) is 7.19. The Morgan fingerprint density at radius 3 is 2.28 bits per heavy atom. The topological polar surface area (TPSA) is 12.9 Å². The van der Waals surface area contributed by atoms with Gasteiger partial charge < -0.3 is 0 Å². The molecule has 0 aliphatic rings. The van der Waals surface area contributed by atoms with Gasteiger partial charge in [0.1, 0.15) is 0 Å². The molecular weight excluding hydrogens is 322 g/mol. The molecule has 2 aromatic heterocycles. The highest BCUT2D eigenvalue weighted by Crippen LogP contribution is 2.36. The molecule has 0 bridgehead atoms. The molecular formula is C23H15NS. The Morgan fingerprint density at radius 1 is 0.560 bits per heavy atom. The van der Waals surface area contributed by atoms with E-state index in [0.29, 0.717) is 0 Å². The van der Waals surface area contributed by atoms with Crippen molar-refractivity contribution in [3.63, 3.8) is 0 Å². The molecule has 25 heavy (non-hydrogen) atoms. The van der Waals surface area contributed by atoms with Crippen LogP contribution in [0.3, 0.4) is 0 Å². The summed E-state index contributed by atoms with van der Waals surface area (Å²) in [5.74, 6) is 0. The van der Waals surface area contributed by atoms with Crippen molar-refractivity contribution in [3.8, 4) is 22.4 Å². The average molecular weight is 337 g/mol. The smallest absolute Gasteiger partial charge is 0.0708 e. The fourth-order valence-electron chi connectivity index (χ4n) is 3.28. The van der Waals surface area contributed by atoms with E-state index in [0.717, 1.165) is 11.3 Å². The molecule has 2 heterocycles. The van der Waals surface area contributed by atoms with Crippen molar-refractivity contribution in [2.24, 2.45) is 0 Å². The van der Waals surface area contributed by atoms with E-state index in [1.165, 1.54) is 31.3 Å². The van der Waals surface area contributed by atoms with E-state index in [1.54, 1.807) is 0 Å². The number of nitrogens with zero attached hydrogens (tertiary/aromatic N) is 1. The summed E-state index contributed by atoms with van der Waals surface area (Å²) in [6.07, 6.45) is 1.90. The molecule has 0 atom stereocenters. The van der Waals surface area contributed by atoms with Crippen molar-refractivity contribution >= 4 is 31.5 Å². The Morgan fingerprint density at radius 2 is 1.36 bits per heavy atom. The highest BCUT2D eigenvalue weighted by molar-refractivity contribution is 7.25. The molecule has 118 valence electrons. The fraction of sp³-hybridized carbons (Fsp3) is 0. The van der Waals surface area contributed by atoms with Crippen molar-refractivity contribution in [1.29, 1.82) is 0 Å². The van der Waals surface area contributed by atoms with E-state index in [-0.39, 0.29) is 0 Å². The van der Waals surface area contributed by atoms with Gasteiger partial charge in [-0.1, -0.05) is 60.7 Å². The zero-order valence-corrected chi connectivity index (χ0v) is 14.3. The number of hydrogen-bond acceptors (Lipinski definition) is 2. The molecule has 3 aromatic carbocycles. The molecule has 2 heteroatoms. The van der Waals surface area contributed by atoms with Crippen LogP contribution in [-0.4, -0.2) is 4.98 Å². The predicted molar refractivity (Wildman–Crippen MR) is 108 cm³/mol. The van der Waals surface area contributed by atoms with Crippen LogP contribution in [-0.2, 0) is 0 Å². The first-order valence-corrected chi connectivity index (χ1v) is 9.13. The van der Waals surface area contributed by atoms with Gasteiger partial charge >= 0.3 is 0 Å². The molecule has 0 saturated heterocycles. The Labute approximate surface area is 150 Å². The Balaban J connectivity index is 1.64. The van der Waals surface area contributed by atoms with Gasteiger partial charge in [0.05, 0.1) is 5.69 Å². The lowest BCUT2D eigenvalue weighted by atomic mass is 10.0. The molecule has 1 nitrogen and oxygen atoms in total. The van der Waals surface area contributed by atoms with E-state index in [1.807, 2.05) is 23.6 Å². The van der Waals surface area contributed by atoms with Crippen LogP contribution in [0.5, 0.6) is 0 Å². The van der Waals surface area contributed by atoms with Gasteiger partial charge in [-0.3, -0.25) is 4.98 Å². The standard InChI is InChI=1S/C23H15NS/c1-2-6-16(7-3-1)17-12-13-24-21(14-17)18-10-11-20-19-8-4-5-9-22(19)25-23(20)15-18/h1-15H. The highest BCUT2D eigenvalue weighted by atomic mass is 32.1. The Kier molecular flexibility index (Phi) is 3.36. The van der Waals surface area contributed by atoms with Gasteiger partial charge in [0.25, 0.3) is 0 Å². The minimum Gasteiger partial charge on any atom is -0.256 e. The summed E-state index contributed by atoms with van der Waals surface area (Å²) in [4.78, 5) is 4.60. The molecule has 0 aliphatic heterocycles. The molecule has 0 spiro atoms. The van der Waals surface area contributed by atoms with Crippen molar-refractivity contribution in [2.75, 3.05) is 0 Å². The lowest BCUT2D eigenvalue weighted by Crippen LogP contribution is -1.85. The van der Waals surface area contributed by atoms with Crippen LogP contribution in [0.1, 0.15) is 0 Å². The Bertz CT molecular complexity index is 1190. The first-order chi connectivity index (χ1) is 12.4. The number of fused-ring (bicyclic) bond motifs is 3. The highest BCUT2D eigenvalue weighted by Gasteiger charge is 2.08. The third kappa shape index (κ3) is 2.51. The molecule has 0 unspecified atom stereocenters. The third-order valence-electron chi connectivity index (χ3n) is 4.54. The van der Waals surface area contributed by atoms with Crippen LogP contribution in [0.15, 0.2) is 91.1 Å². The van der Waals surface area contributed by atoms with E-state index >= 15 is 0 Å². The Hall–Kier alpha value is -2.97. The van der Waals surface area contributed by atoms with Gasteiger partial charge in [-0.2, -0.15) is 0 Å². The second-order valence-electron chi connectivity index (χ2n) is 6.10. The van der Waals surface area contributed by atoms with Gasteiger partial charge in [0.15, 0.2) is 0 Å². The predicted octanol–water partition coefficient (Wildman–Crippen LogP) is 6.78. The molecule has 0 fully saturated rings. The maximum absolute atomic E-state index is 4.60. The molecule has 0 aliphatic carbocycles. The molecule has 0 saturated carbocycles.